The number of aromatic nitrogens is 2. The summed E-state index contributed by atoms with van der Waals surface area (Å²) in [5, 5.41) is 2.33. The number of benzene rings is 2. The summed E-state index contributed by atoms with van der Waals surface area (Å²) in [6.45, 7) is -0.682. The number of anilines is 2. The number of hydrogen-bond acceptors (Lipinski definition) is 7. The van der Waals surface area contributed by atoms with Crippen LogP contribution >= 0.6 is 0 Å². The number of sulfonamides is 1. The highest BCUT2D eigenvalue weighted by atomic mass is 32.2. The van der Waals surface area contributed by atoms with Crippen molar-refractivity contribution >= 4 is 33.4 Å². The highest BCUT2D eigenvalue weighted by Gasteiger charge is 2.22. The van der Waals surface area contributed by atoms with E-state index in [1.165, 1.54) is 45.4 Å². The van der Waals surface area contributed by atoms with E-state index >= 15 is 0 Å². The lowest BCUT2D eigenvalue weighted by Crippen LogP contribution is -2.38. The molecule has 0 aliphatic heterocycles. The van der Waals surface area contributed by atoms with Gasteiger partial charge < -0.3 is 10.1 Å². The molecule has 0 unspecified atom stereocenters. The Hall–Kier alpha value is -4.19. The fourth-order valence-corrected chi connectivity index (χ4v) is 4.14. The number of para-hydroxylation sites is 1. The number of esters is 1. The zero-order valence-electron chi connectivity index (χ0n) is 18.6. The second-order valence-electron chi connectivity index (χ2n) is 7.23. The van der Waals surface area contributed by atoms with Crippen molar-refractivity contribution in [2.45, 2.75) is 4.90 Å². The second kappa shape index (κ2) is 9.75. The van der Waals surface area contributed by atoms with Crippen LogP contribution in [-0.2, 0) is 33.7 Å². The van der Waals surface area contributed by atoms with Crippen LogP contribution < -0.4 is 20.9 Å². The van der Waals surface area contributed by atoms with Gasteiger partial charge in [-0.3, -0.25) is 23.0 Å². The highest BCUT2D eigenvalue weighted by molar-refractivity contribution is 7.92. The Labute approximate surface area is 194 Å². The van der Waals surface area contributed by atoms with Crippen molar-refractivity contribution in [1.29, 1.82) is 0 Å². The van der Waals surface area contributed by atoms with E-state index in [4.69, 9.17) is 4.74 Å². The lowest BCUT2D eigenvalue weighted by Gasteiger charge is -2.19. The van der Waals surface area contributed by atoms with Gasteiger partial charge in [-0.1, -0.05) is 18.2 Å². The first-order valence-corrected chi connectivity index (χ1v) is 11.3. The maximum Gasteiger partial charge on any atom is 0.338 e. The van der Waals surface area contributed by atoms with Crippen LogP contribution in [-0.4, -0.2) is 43.1 Å². The maximum absolute atomic E-state index is 12.8. The van der Waals surface area contributed by atoms with Gasteiger partial charge in [0.15, 0.2) is 6.61 Å². The summed E-state index contributed by atoms with van der Waals surface area (Å²) < 4.78 is 33.6. The number of carbonyl (C=O) groups excluding carboxylic acids is 2. The van der Waals surface area contributed by atoms with Gasteiger partial charge in [0, 0.05) is 27.2 Å². The molecule has 0 fully saturated rings. The fraction of sp³-hybridized carbons (Fsp3) is 0.182. The van der Waals surface area contributed by atoms with Gasteiger partial charge in [0.25, 0.3) is 21.5 Å². The number of nitrogens with zero attached hydrogens (tertiary/aromatic N) is 3. The SMILES string of the molecule is CN(c1ccccc1)S(=O)(=O)c1ccc(C(=O)OCC(=O)Nc2cc(=O)n(C)c(=O)n2C)cc1. The smallest absolute Gasteiger partial charge is 0.338 e. The van der Waals surface area contributed by atoms with E-state index in [9.17, 15) is 27.6 Å². The molecule has 0 bridgehead atoms. The molecule has 0 saturated carbocycles. The van der Waals surface area contributed by atoms with Crippen LogP contribution in [0.5, 0.6) is 0 Å². The quantitative estimate of drug-likeness (QED) is 0.486. The summed E-state index contributed by atoms with van der Waals surface area (Å²) in [6.07, 6.45) is 0. The van der Waals surface area contributed by atoms with Crippen molar-refractivity contribution in [1.82, 2.24) is 9.13 Å². The van der Waals surface area contributed by atoms with E-state index in [-0.39, 0.29) is 16.3 Å². The van der Waals surface area contributed by atoms with Gasteiger partial charge in [-0.15, -0.1) is 0 Å². The van der Waals surface area contributed by atoms with Crippen LogP contribution in [0.2, 0.25) is 0 Å². The molecule has 1 aromatic heterocycles. The van der Waals surface area contributed by atoms with Gasteiger partial charge in [0.1, 0.15) is 5.82 Å². The zero-order valence-corrected chi connectivity index (χ0v) is 19.4. The lowest BCUT2D eigenvalue weighted by molar-refractivity contribution is -0.119. The molecule has 1 amide bonds. The largest absolute Gasteiger partial charge is 0.452 e. The number of amides is 1. The van der Waals surface area contributed by atoms with Crippen molar-refractivity contribution in [3.63, 3.8) is 0 Å². The Balaban J connectivity index is 1.65. The molecular weight excluding hydrogens is 464 g/mol. The first-order chi connectivity index (χ1) is 16.0. The zero-order chi connectivity index (χ0) is 25.0. The Morgan fingerprint density at radius 1 is 0.971 bits per heavy atom. The molecule has 11 nitrogen and oxygen atoms in total. The molecule has 12 heteroatoms. The molecule has 0 aliphatic rings. The molecule has 0 spiro atoms. The van der Waals surface area contributed by atoms with Crippen LogP contribution in [0.15, 0.2) is 75.1 Å². The average molecular weight is 487 g/mol. The number of hydrogen-bond donors (Lipinski definition) is 1. The van der Waals surface area contributed by atoms with Gasteiger partial charge in [0.05, 0.1) is 16.1 Å². The summed E-state index contributed by atoms with van der Waals surface area (Å²) in [4.78, 5) is 48.0. The van der Waals surface area contributed by atoms with Crippen LogP contribution in [0.25, 0.3) is 0 Å². The van der Waals surface area contributed by atoms with Crippen LogP contribution in [0.4, 0.5) is 11.5 Å². The topological polar surface area (TPSA) is 137 Å². The van der Waals surface area contributed by atoms with Gasteiger partial charge in [-0.25, -0.2) is 18.0 Å². The second-order valence-corrected chi connectivity index (χ2v) is 9.19. The number of nitrogens with one attached hydrogen (secondary N) is 1. The monoisotopic (exact) mass is 486 g/mol. The van der Waals surface area contributed by atoms with Gasteiger partial charge in [-0.2, -0.15) is 0 Å². The molecule has 0 aliphatic carbocycles. The van der Waals surface area contributed by atoms with Gasteiger partial charge >= 0.3 is 11.7 Å². The standard InChI is InChI=1S/C22H22N4O7S/c1-24-18(13-20(28)25(2)22(24)30)23-19(27)14-33-21(29)15-9-11-17(12-10-15)34(31,32)26(3)16-7-5-4-6-8-16/h4-13H,14H2,1-3H3,(H,23,27). The third-order valence-electron chi connectivity index (χ3n) is 5.00. The van der Waals surface area contributed by atoms with Crippen molar-refractivity contribution < 1.29 is 22.7 Å². The Bertz CT molecular complexity index is 1440. The van der Waals surface area contributed by atoms with E-state index in [1.807, 2.05) is 0 Å². The molecule has 1 N–H and O–H groups in total. The van der Waals surface area contributed by atoms with E-state index in [2.05, 4.69) is 5.32 Å². The summed E-state index contributed by atoms with van der Waals surface area (Å²) in [7, 11) is 0.243. The predicted octanol–water partition coefficient (Wildman–Crippen LogP) is 0.705. The number of rotatable bonds is 7. The van der Waals surface area contributed by atoms with Crippen LogP contribution in [0.3, 0.4) is 0 Å². The summed E-state index contributed by atoms with van der Waals surface area (Å²) in [6, 6.07) is 14.6. The first-order valence-electron chi connectivity index (χ1n) is 9.90. The minimum Gasteiger partial charge on any atom is -0.452 e. The summed E-state index contributed by atoms with van der Waals surface area (Å²) in [5.74, 6) is -1.67. The number of ether oxygens (including phenoxy) is 1. The normalized spacial score (nSPS) is 11.0. The third-order valence-corrected chi connectivity index (χ3v) is 6.80. The summed E-state index contributed by atoms with van der Waals surface area (Å²) in [5.41, 5.74) is -0.725. The average Bonchev–Trinajstić information content (AvgIpc) is 2.84. The van der Waals surface area contributed by atoms with Crippen LogP contribution in [0, 0.1) is 0 Å². The number of carbonyl (C=O) groups is 2. The lowest BCUT2D eigenvalue weighted by atomic mass is 10.2. The molecule has 0 radical (unpaired) electrons. The van der Waals surface area contributed by atoms with E-state index in [0.717, 1.165) is 19.5 Å². The fourth-order valence-electron chi connectivity index (χ4n) is 2.94. The molecule has 2 aromatic carbocycles. The summed E-state index contributed by atoms with van der Waals surface area (Å²) >= 11 is 0. The van der Waals surface area contributed by atoms with Crippen molar-refractivity contribution in [3.05, 3.63) is 87.1 Å². The molecule has 34 heavy (non-hydrogen) atoms. The maximum atomic E-state index is 12.8. The third kappa shape index (κ3) is 5.07. The molecule has 3 rings (SSSR count). The van der Waals surface area contributed by atoms with Crippen molar-refractivity contribution in [3.8, 4) is 0 Å². The minimum atomic E-state index is -3.85. The van der Waals surface area contributed by atoms with Gasteiger partial charge in [-0.05, 0) is 36.4 Å². The van der Waals surface area contributed by atoms with Crippen molar-refractivity contribution in [2.24, 2.45) is 14.1 Å². The van der Waals surface area contributed by atoms with Crippen LogP contribution in [0.1, 0.15) is 10.4 Å². The molecule has 0 saturated heterocycles. The Morgan fingerprint density at radius 3 is 2.21 bits per heavy atom. The molecule has 178 valence electrons. The van der Waals surface area contributed by atoms with Crippen molar-refractivity contribution in [2.75, 3.05) is 23.3 Å². The van der Waals surface area contributed by atoms with E-state index in [1.54, 1.807) is 30.3 Å². The first kappa shape index (κ1) is 24.5. The molecule has 3 aromatic rings. The highest BCUT2D eigenvalue weighted by Crippen LogP contribution is 2.22. The van der Waals surface area contributed by atoms with E-state index < -0.39 is 39.8 Å². The minimum absolute atomic E-state index is 0.0280. The van der Waals surface area contributed by atoms with E-state index in [0.29, 0.717) is 5.69 Å². The Kier molecular flexibility index (Phi) is 7.01. The molecule has 1 heterocycles. The predicted molar refractivity (Wildman–Crippen MR) is 124 cm³/mol. The van der Waals surface area contributed by atoms with Gasteiger partial charge in [0.2, 0.25) is 0 Å². The molecule has 0 atom stereocenters. The molecular formula is C22H22N4O7S. The Morgan fingerprint density at radius 2 is 1.59 bits per heavy atom.